The van der Waals surface area contributed by atoms with Crippen LogP contribution in [0.4, 0.5) is 4.79 Å². The Labute approximate surface area is 210 Å². The molecule has 0 radical (unpaired) electrons. The highest BCUT2D eigenvalue weighted by Crippen LogP contribution is 2.34. The largest absolute Gasteiger partial charge is 0.496 e. The number of methoxy groups -OCH3 is 1. The lowest BCUT2D eigenvalue weighted by Gasteiger charge is -2.34. The van der Waals surface area contributed by atoms with Crippen LogP contribution in [0.5, 0.6) is 5.75 Å². The number of rotatable bonds is 3. The van der Waals surface area contributed by atoms with Gasteiger partial charge in [-0.25, -0.2) is 14.8 Å². The van der Waals surface area contributed by atoms with Crippen molar-refractivity contribution in [1.82, 2.24) is 24.6 Å². The molecule has 8 nitrogen and oxygen atoms in total. The molecule has 36 heavy (non-hydrogen) atoms. The third-order valence-electron chi connectivity index (χ3n) is 6.27. The monoisotopic (exact) mass is 485 g/mol. The molecule has 4 heterocycles. The molecule has 5 rings (SSSR count). The van der Waals surface area contributed by atoms with Crippen LogP contribution in [0.1, 0.15) is 39.8 Å². The molecule has 1 aliphatic rings. The van der Waals surface area contributed by atoms with E-state index in [0.717, 1.165) is 56.6 Å². The Bertz CT molecular complexity index is 1500. The van der Waals surface area contributed by atoms with E-state index in [1.807, 2.05) is 71.3 Å². The van der Waals surface area contributed by atoms with Gasteiger partial charge in [-0.2, -0.15) is 5.10 Å². The lowest BCUT2D eigenvalue weighted by molar-refractivity contribution is 0.0209. The Morgan fingerprint density at radius 2 is 1.72 bits per heavy atom. The predicted molar refractivity (Wildman–Crippen MR) is 141 cm³/mol. The molecule has 1 aliphatic heterocycles. The molecule has 0 saturated heterocycles. The van der Waals surface area contributed by atoms with Crippen molar-refractivity contribution in [3.63, 3.8) is 0 Å². The number of nitrogens with zero attached hydrogens (tertiary/aromatic N) is 5. The fourth-order valence-corrected chi connectivity index (χ4v) is 4.58. The van der Waals surface area contributed by atoms with E-state index < -0.39 is 5.60 Å². The van der Waals surface area contributed by atoms with E-state index in [0.29, 0.717) is 6.54 Å². The van der Waals surface area contributed by atoms with Crippen molar-refractivity contribution in [2.24, 2.45) is 7.05 Å². The number of hydrogen-bond donors (Lipinski definition) is 0. The van der Waals surface area contributed by atoms with Gasteiger partial charge < -0.3 is 14.4 Å². The van der Waals surface area contributed by atoms with Crippen molar-refractivity contribution in [3.8, 4) is 17.0 Å². The first-order valence-corrected chi connectivity index (χ1v) is 12.1. The zero-order chi connectivity index (χ0) is 25.6. The van der Waals surface area contributed by atoms with Gasteiger partial charge in [0, 0.05) is 36.8 Å². The van der Waals surface area contributed by atoms with E-state index in [-0.39, 0.29) is 12.1 Å². The first-order chi connectivity index (χ1) is 17.1. The van der Waals surface area contributed by atoms with Crippen molar-refractivity contribution in [1.29, 1.82) is 0 Å². The Balaban J connectivity index is 1.43. The summed E-state index contributed by atoms with van der Waals surface area (Å²) in [5.74, 6) is 0.730. The number of aryl methyl sites for hydroxylation is 1. The quantitative estimate of drug-likeness (QED) is 0.375. The summed E-state index contributed by atoms with van der Waals surface area (Å²) in [6.45, 7) is 8.24. The standard InChI is InChI=1S/C28H31N5O3/c1-17-13-18(11-12-33(17)27(34)36-28(2,3)4)21-7-9-24-23(29-21)10-8-22(30-24)20-14-19-16-32(5)31-25(19)15-26(20)35-6/h7-10,13-17H,11-12H2,1-6H3. The normalized spacial score (nSPS) is 16.3. The van der Waals surface area contributed by atoms with Crippen LogP contribution in [0, 0.1) is 0 Å². The van der Waals surface area contributed by atoms with Gasteiger partial charge in [0.05, 0.1) is 41.1 Å². The number of carbonyl (C=O) groups excluding carboxylic acids is 1. The number of aromatic nitrogens is 4. The van der Waals surface area contributed by atoms with E-state index in [2.05, 4.69) is 17.2 Å². The molecule has 0 aliphatic carbocycles. The summed E-state index contributed by atoms with van der Waals surface area (Å²) in [5, 5.41) is 5.50. The van der Waals surface area contributed by atoms with Gasteiger partial charge in [0.2, 0.25) is 0 Å². The number of benzene rings is 1. The summed E-state index contributed by atoms with van der Waals surface area (Å²) in [6, 6.07) is 11.9. The fraction of sp³-hybridized carbons (Fsp3) is 0.357. The minimum absolute atomic E-state index is 0.0727. The predicted octanol–water partition coefficient (Wildman–Crippen LogP) is 5.60. The zero-order valence-corrected chi connectivity index (χ0v) is 21.6. The van der Waals surface area contributed by atoms with Crippen LogP contribution in [0.2, 0.25) is 0 Å². The summed E-state index contributed by atoms with van der Waals surface area (Å²) >= 11 is 0. The summed E-state index contributed by atoms with van der Waals surface area (Å²) in [5.41, 5.74) is 5.75. The average Bonchev–Trinajstić information content (AvgIpc) is 3.20. The van der Waals surface area contributed by atoms with Gasteiger partial charge in [0.25, 0.3) is 0 Å². The van der Waals surface area contributed by atoms with Gasteiger partial charge in [0.1, 0.15) is 11.4 Å². The maximum atomic E-state index is 12.5. The molecule has 1 aromatic carbocycles. The molecule has 8 heteroatoms. The van der Waals surface area contributed by atoms with E-state index in [1.165, 1.54) is 0 Å². The molecule has 1 unspecified atom stereocenters. The van der Waals surface area contributed by atoms with Crippen molar-refractivity contribution in [2.75, 3.05) is 13.7 Å². The number of ether oxygens (including phenoxy) is 2. The summed E-state index contributed by atoms with van der Waals surface area (Å²) in [4.78, 5) is 24.1. The lowest BCUT2D eigenvalue weighted by atomic mass is 10.00. The number of hydrogen-bond acceptors (Lipinski definition) is 6. The highest BCUT2D eigenvalue weighted by molar-refractivity contribution is 5.89. The minimum Gasteiger partial charge on any atom is -0.496 e. The van der Waals surface area contributed by atoms with E-state index in [1.54, 1.807) is 16.7 Å². The second kappa shape index (κ2) is 8.93. The van der Waals surface area contributed by atoms with Crippen LogP contribution in [-0.2, 0) is 11.8 Å². The first kappa shape index (κ1) is 23.8. The van der Waals surface area contributed by atoms with Crippen molar-refractivity contribution < 1.29 is 14.3 Å². The maximum absolute atomic E-state index is 12.5. The Kier molecular flexibility index (Phi) is 5.90. The number of carbonyl (C=O) groups is 1. The molecule has 0 fully saturated rings. The van der Waals surface area contributed by atoms with E-state index >= 15 is 0 Å². The molecule has 3 aromatic heterocycles. The van der Waals surface area contributed by atoms with Gasteiger partial charge in [-0.1, -0.05) is 6.08 Å². The van der Waals surface area contributed by atoms with Crippen molar-refractivity contribution >= 4 is 33.6 Å². The highest BCUT2D eigenvalue weighted by Gasteiger charge is 2.28. The zero-order valence-electron chi connectivity index (χ0n) is 21.6. The third kappa shape index (κ3) is 4.63. The molecule has 1 atom stereocenters. The highest BCUT2D eigenvalue weighted by atomic mass is 16.6. The first-order valence-electron chi connectivity index (χ1n) is 12.1. The van der Waals surface area contributed by atoms with Gasteiger partial charge in [-0.15, -0.1) is 0 Å². The smallest absolute Gasteiger partial charge is 0.410 e. The molecule has 1 amide bonds. The third-order valence-corrected chi connectivity index (χ3v) is 6.27. The second-order valence-electron chi connectivity index (χ2n) is 10.2. The molecule has 0 saturated carbocycles. The van der Waals surface area contributed by atoms with Crippen LogP contribution < -0.4 is 4.74 Å². The number of pyridine rings is 2. The topological polar surface area (TPSA) is 82.4 Å². The van der Waals surface area contributed by atoms with Crippen LogP contribution in [-0.4, -0.2) is 56.0 Å². The van der Waals surface area contributed by atoms with Crippen LogP contribution in [0.3, 0.4) is 0 Å². The summed E-state index contributed by atoms with van der Waals surface area (Å²) in [7, 11) is 3.56. The number of amides is 1. The second-order valence-corrected chi connectivity index (χ2v) is 10.2. The van der Waals surface area contributed by atoms with Crippen LogP contribution in [0.25, 0.3) is 38.8 Å². The van der Waals surface area contributed by atoms with Gasteiger partial charge in [0.15, 0.2) is 0 Å². The van der Waals surface area contributed by atoms with Crippen molar-refractivity contribution in [3.05, 3.63) is 54.4 Å². The molecule has 0 spiro atoms. The van der Waals surface area contributed by atoms with E-state index in [9.17, 15) is 4.79 Å². The Morgan fingerprint density at radius 3 is 2.39 bits per heavy atom. The molecule has 0 bridgehead atoms. The Morgan fingerprint density at radius 1 is 1.03 bits per heavy atom. The molecule has 186 valence electrons. The molecular formula is C28H31N5O3. The summed E-state index contributed by atoms with van der Waals surface area (Å²) in [6.07, 6.45) is 4.51. The number of fused-ring (bicyclic) bond motifs is 2. The maximum Gasteiger partial charge on any atom is 0.410 e. The lowest BCUT2D eigenvalue weighted by Crippen LogP contribution is -2.43. The van der Waals surface area contributed by atoms with Crippen LogP contribution in [0.15, 0.2) is 48.7 Å². The van der Waals surface area contributed by atoms with Gasteiger partial charge >= 0.3 is 6.09 Å². The van der Waals surface area contributed by atoms with Gasteiger partial charge in [-0.3, -0.25) is 4.68 Å². The fourth-order valence-electron chi connectivity index (χ4n) is 4.58. The van der Waals surface area contributed by atoms with Crippen molar-refractivity contribution in [2.45, 2.75) is 45.8 Å². The summed E-state index contributed by atoms with van der Waals surface area (Å²) < 4.78 is 13.0. The molecule has 4 aromatic rings. The average molecular weight is 486 g/mol. The minimum atomic E-state index is -0.514. The SMILES string of the molecule is COc1cc2nn(C)cc2cc1-c1ccc2nc(C3=CC(C)N(C(=O)OC(C)(C)C)CC3)ccc2n1. The van der Waals surface area contributed by atoms with Crippen LogP contribution >= 0.6 is 0 Å². The van der Waals surface area contributed by atoms with E-state index in [4.69, 9.17) is 19.4 Å². The Hall–Kier alpha value is -3.94. The molecule has 0 N–H and O–H groups in total. The van der Waals surface area contributed by atoms with Gasteiger partial charge in [-0.05, 0) is 70.0 Å². The molecular weight excluding hydrogens is 454 g/mol.